The first-order valence-corrected chi connectivity index (χ1v) is 11.2. The van der Waals surface area contributed by atoms with Crippen molar-refractivity contribution in [2.75, 3.05) is 31.1 Å². The standard InChI is InChI=1S/C18H19ClN4O2S2/c1-21-13-17(18(20-21)16-7-4-12-26-16)27(24,25)23-10-8-22(9-11-23)15-6-3-2-5-14(15)19/h2-7,12-13H,8-11H2,1H3. The number of thiophene rings is 1. The third kappa shape index (κ3) is 3.50. The maximum absolute atomic E-state index is 13.3. The van der Waals surface area contributed by atoms with Crippen LogP contribution in [-0.2, 0) is 17.1 Å². The average molecular weight is 423 g/mol. The highest BCUT2D eigenvalue weighted by molar-refractivity contribution is 7.89. The molecule has 0 spiro atoms. The van der Waals surface area contributed by atoms with E-state index in [0.29, 0.717) is 36.9 Å². The monoisotopic (exact) mass is 422 g/mol. The summed E-state index contributed by atoms with van der Waals surface area (Å²) in [5.41, 5.74) is 1.46. The maximum Gasteiger partial charge on any atom is 0.246 e. The Hall–Kier alpha value is -1.87. The van der Waals surface area contributed by atoms with Gasteiger partial charge in [-0.15, -0.1) is 11.3 Å². The molecule has 3 heterocycles. The fourth-order valence-corrected chi connectivity index (χ4v) is 5.90. The average Bonchev–Trinajstić information content (AvgIpc) is 3.32. The molecular weight excluding hydrogens is 404 g/mol. The number of hydrogen-bond acceptors (Lipinski definition) is 5. The molecule has 6 nitrogen and oxygen atoms in total. The molecule has 3 aromatic rings. The van der Waals surface area contributed by atoms with Crippen molar-refractivity contribution in [3.8, 4) is 10.6 Å². The van der Waals surface area contributed by atoms with Gasteiger partial charge in [0.25, 0.3) is 0 Å². The van der Waals surface area contributed by atoms with Crippen LogP contribution < -0.4 is 4.90 Å². The molecular formula is C18H19ClN4O2S2. The predicted octanol–water partition coefficient (Wildman–Crippen LogP) is 3.31. The largest absolute Gasteiger partial charge is 0.368 e. The van der Waals surface area contributed by atoms with Crippen LogP contribution in [0.4, 0.5) is 5.69 Å². The van der Waals surface area contributed by atoms with E-state index in [2.05, 4.69) is 10.00 Å². The van der Waals surface area contributed by atoms with Crippen molar-refractivity contribution < 1.29 is 8.42 Å². The van der Waals surface area contributed by atoms with Crippen molar-refractivity contribution in [1.29, 1.82) is 0 Å². The first-order chi connectivity index (χ1) is 13.0. The summed E-state index contributed by atoms with van der Waals surface area (Å²) >= 11 is 7.76. The fourth-order valence-electron chi connectivity index (χ4n) is 3.26. The number of nitrogens with zero attached hydrogens (tertiary/aromatic N) is 4. The van der Waals surface area contributed by atoms with Crippen LogP contribution in [0.15, 0.2) is 52.9 Å². The highest BCUT2D eigenvalue weighted by Crippen LogP contribution is 2.32. The third-order valence-corrected chi connectivity index (χ3v) is 7.70. The minimum Gasteiger partial charge on any atom is -0.368 e. The second kappa shape index (κ2) is 7.27. The number of aromatic nitrogens is 2. The van der Waals surface area contributed by atoms with Crippen LogP contribution in [0.1, 0.15) is 0 Å². The molecule has 27 heavy (non-hydrogen) atoms. The Balaban J connectivity index is 1.58. The van der Waals surface area contributed by atoms with Crippen molar-refractivity contribution in [2.45, 2.75) is 4.90 Å². The summed E-state index contributed by atoms with van der Waals surface area (Å²) in [6, 6.07) is 11.4. The van der Waals surface area contributed by atoms with E-state index in [4.69, 9.17) is 11.6 Å². The summed E-state index contributed by atoms with van der Waals surface area (Å²) in [7, 11) is -1.88. The van der Waals surface area contributed by atoms with Gasteiger partial charge in [0.15, 0.2) is 0 Å². The molecule has 1 aromatic carbocycles. The summed E-state index contributed by atoms with van der Waals surface area (Å²) < 4.78 is 29.6. The molecule has 2 aromatic heterocycles. The van der Waals surface area contributed by atoms with E-state index >= 15 is 0 Å². The maximum atomic E-state index is 13.3. The molecule has 0 saturated carbocycles. The molecule has 1 fully saturated rings. The number of para-hydroxylation sites is 1. The Labute approximate surface area is 167 Å². The molecule has 9 heteroatoms. The summed E-state index contributed by atoms with van der Waals surface area (Å²) in [4.78, 5) is 3.24. The molecule has 0 bridgehead atoms. The molecule has 0 aliphatic carbocycles. The minimum absolute atomic E-state index is 0.263. The zero-order valence-corrected chi connectivity index (χ0v) is 17.1. The normalized spacial score (nSPS) is 16.0. The quantitative estimate of drug-likeness (QED) is 0.647. The van der Waals surface area contributed by atoms with Gasteiger partial charge in [0, 0.05) is 39.4 Å². The fraction of sp³-hybridized carbons (Fsp3) is 0.278. The van der Waals surface area contributed by atoms with Crippen LogP contribution >= 0.6 is 22.9 Å². The molecule has 0 radical (unpaired) electrons. The molecule has 0 amide bonds. The topological polar surface area (TPSA) is 58.4 Å². The highest BCUT2D eigenvalue weighted by Gasteiger charge is 2.33. The Morgan fingerprint density at radius 2 is 1.81 bits per heavy atom. The molecule has 4 rings (SSSR count). The lowest BCUT2D eigenvalue weighted by Gasteiger charge is -2.35. The predicted molar refractivity (Wildman–Crippen MR) is 109 cm³/mol. The van der Waals surface area contributed by atoms with E-state index in [-0.39, 0.29) is 4.90 Å². The van der Waals surface area contributed by atoms with E-state index < -0.39 is 10.0 Å². The van der Waals surface area contributed by atoms with Gasteiger partial charge in [0.05, 0.1) is 15.6 Å². The van der Waals surface area contributed by atoms with E-state index in [1.807, 2.05) is 41.8 Å². The number of anilines is 1. The Kier molecular flexibility index (Phi) is 4.98. The van der Waals surface area contributed by atoms with Crippen molar-refractivity contribution in [1.82, 2.24) is 14.1 Å². The second-order valence-electron chi connectivity index (χ2n) is 6.34. The first kappa shape index (κ1) is 18.5. The van der Waals surface area contributed by atoms with Crippen LogP contribution in [0.3, 0.4) is 0 Å². The van der Waals surface area contributed by atoms with Gasteiger partial charge in [0.1, 0.15) is 10.6 Å². The van der Waals surface area contributed by atoms with Crippen molar-refractivity contribution in [2.24, 2.45) is 7.05 Å². The van der Waals surface area contributed by atoms with Gasteiger partial charge in [-0.25, -0.2) is 8.42 Å². The van der Waals surface area contributed by atoms with Gasteiger partial charge in [-0.05, 0) is 23.6 Å². The van der Waals surface area contributed by atoms with Crippen molar-refractivity contribution >= 4 is 38.6 Å². The highest BCUT2D eigenvalue weighted by atomic mass is 35.5. The van der Waals surface area contributed by atoms with Crippen LogP contribution in [0, 0.1) is 0 Å². The molecule has 1 aliphatic rings. The van der Waals surface area contributed by atoms with E-state index in [0.717, 1.165) is 10.6 Å². The van der Waals surface area contributed by atoms with Gasteiger partial charge in [0.2, 0.25) is 10.0 Å². The van der Waals surface area contributed by atoms with Gasteiger partial charge >= 0.3 is 0 Å². The number of benzene rings is 1. The number of hydrogen-bond donors (Lipinski definition) is 0. The summed E-state index contributed by atoms with van der Waals surface area (Å²) in [6.45, 7) is 2.01. The molecule has 0 N–H and O–H groups in total. The molecule has 0 unspecified atom stereocenters. The molecule has 0 atom stereocenters. The SMILES string of the molecule is Cn1cc(S(=O)(=O)N2CCN(c3ccccc3Cl)CC2)c(-c2cccs2)n1. The summed E-state index contributed by atoms with van der Waals surface area (Å²) in [5, 5.41) is 6.98. The third-order valence-electron chi connectivity index (χ3n) is 4.60. The van der Waals surface area contributed by atoms with Crippen LogP contribution in [0.5, 0.6) is 0 Å². The number of aryl methyl sites for hydroxylation is 1. The number of piperazine rings is 1. The minimum atomic E-state index is -3.62. The van der Waals surface area contributed by atoms with Crippen molar-refractivity contribution in [3.63, 3.8) is 0 Å². The Morgan fingerprint density at radius 1 is 1.07 bits per heavy atom. The lowest BCUT2D eigenvalue weighted by atomic mass is 10.2. The second-order valence-corrected chi connectivity index (χ2v) is 9.60. The van der Waals surface area contributed by atoms with E-state index in [1.165, 1.54) is 15.6 Å². The van der Waals surface area contributed by atoms with Gasteiger partial charge in [-0.3, -0.25) is 4.68 Å². The van der Waals surface area contributed by atoms with Crippen molar-refractivity contribution in [3.05, 3.63) is 53.0 Å². The lowest BCUT2D eigenvalue weighted by molar-refractivity contribution is 0.385. The number of sulfonamides is 1. The number of halogens is 1. The van der Waals surface area contributed by atoms with E-state index in [9.17, 15) is 8.42 Å². The van der Waals surface area contributed by atoms with Gasteiger partial charge in [-0.2, -0.15) is 9.40 Å². The Bertz CT molecular complexity index is 1040. The Morgan fingerprint density at radius 3 is 2.48 bits per heavy atom. The van der Waals surface area contributed by atoms with Gasteiger partial charge in [-0.1, -0.05) is 29.8 Å². The van der Waals surface area contributed by atoms with Gasteiger partial charge < -0.3 is 4.90 Å². The molecule has 1 saturated heterocycles. The number of rotatable bonds is 4. The summed E-state index contributed by atoms with van der Waals surface area (Å²) in [5.74, 6) is 0. The van der Waals surface area contributed by atoms with E-state index in [1.54, 1.807) is 17.9 Å². The summed E-state index contributed by atoms with van der Waals surface area (Å²) in [6.07, 6.45) is 1.59. The zero-order valence-electron chi connectivity index (χ0n) is 14.7. The molecule has 142 valence electrons. The molecule has 1 aliphatic heterocycles. The lowest BCUT2D eigenvalue weighted by Crippen LogP contribution is -2.48. The zero-order chi connectivity index (χ0) is 19.0. The first-order valence-electron chi connectivity index (χ1n) is 8.54. The smallest absolute Gasteiger partial charge is 0.246 e. The van der Waals surface area contributed by atoms with Crippen LogP contribution in [0.25, 0.3) is 10.6 Å². The van der Waals surface area contributed by atoms with Crippen LogP contribution in [-0.4, -0.2) is 48.7 Å². The van der Waals surface area contributed by atoms with Crippen LogP contribution in [0.2, 0.25) is 5.02 Å².